The van der Waals surface area contributed by atoms with E-state index < -0.39 is 0 Å². The number of ether oxygens (including phenoxy) is 1. The standard InChI is InChI=1S/C16H20N2O2S/c1-3-16(7-4-8-16)18-15(19)14-13(17)11-6-5-10(20-2)9-12(11)21-14/h5-6,9H,3-4,7-8,17H2,1-2H3,(H,18,19). The Labute approximate surface area is 128 Å². The molecule has 2 aromatic rings. The summed E-state index contributed by atoms with van der Waals surface area (Å²) in [6.45, 7) is 2.12. The molecule has 5 heteroatoms. The highest BCUT2D eigenvalue weighted by atomic mass is 32.1. The molecule has 1 aliphatic carbocycles. The molecule has 1 amide bonds. The van der Waals surface area contributed by atoms with Gasteiger partial charge in [0, 0.05) is 15.6 Å². The first-order valence-electron chi connectivity index (χ1n) is 7.27. The van der Waals surface area contributed by atoms with Gasteiger partial charge >= 0.3 is 0 Å². The van der Waals surface area contributed by atoms with Crippen LogP contribution in [0.4, 0.5) is 5.69 Å². The van der Waals surface area contributed by atoms with Crippen LogP contribution in [-0.4, -0.2) is 18.6 Å². The van der Waals surface area contributed by atoms with Crippen LogP contribution >= 0.6 is 11.3 Å². The number of thiophene rings is 1. The molecule has 0 unspecified atom stereocenters. The number of carbonyl (C=O) groups is 1. The van der Waals surface area contributed by atoms with E-state index in [0.717, 1.165) is 35.1 Å². The van der Waals surface area contributed by atoms with Crippen LogP contribution in [0.25, 0.3) is 10.1 Å². The number of anilines is 1. The highest BCUT2D eigenvalue weighted by Crippen LogP contribution is 2.38. The molecule has 0 atom stereocenters. The quantitative estimate of drug-likeness (QED) is 0.908. The van der Waals surface area contributed by atoms with Gasteiger partial charge < -0.3 is 15.8 Å². The van der Waals surface area contributed by atoms with Crippen LogP contribution in [0.2, 0.25) is 0 Å². The van der Waals surface area contributed by atoms with Crippen LogP contribution in [0.3, 0.4) is 0 Å². The first-order valence-corrected chi connectivity index (χ1v) is 8.09. The maximum atomic E-state index is 12.5. The van der Waals surface area contributed by atoms with Crippen LogP contribution < -0.4 is 15.8 Å². The number of rotatable bonds is 4. The Balaban J connectivity index is 1.92. The van der Waals surface area contributed by atoms with E-state index in [1.165, 1.54) is 17.8 Å². The highest BCUT2D eigenvalue weighted by Gasteiger charge is 2.37. The van der Waals surface area contributed by atoms with Crippen molar-refractivity contribution in [3.8, 4) is 5.75 Å². The Kier molecular flexibility index (Phi) is 3.53. The largest absolute Gasteiger partial charge is 0.497 e. The van der Waals surface area contributed by atoms with Crippen LogP contribution in [-0.2, 0) is 0 Å². The first-order chi connectivity index (χ1) is 10.1. The number of nitrogens with one attached hydrogen (secondary N) is 1. The fourth-order valence-corrected chi connectivity index (χ4v) is 3.91. The van der Waals surface area contributed by atoms with E-state index in [2.05, 4.69) is 12.2 Å². The van der Waals surface area contributed by atoms with E-state index in [1.807, 2.05) is 18.2 Å². The Bertz CT molecular complexity index is 683. The molecule has 21 heavy (non-hydrogen) atoms. The smallest absolute Gasteiger partial charge is 0.263 e. The van der Waals surface area contributed by atoms with Crippen molar-refractivity contribution in [2.45, 2.75) is 38.1 Å². The van der Waals surface area contributed by atoms with Crippen molar-refractivity contribution in [3.63, 3.8) is 0 Å². The number of carbonyl (C=O) groups excluding carboxylic acids is 1. The van der Waals surface area contributed by atoms with Gasteiger partial charge in [-0.15, -0.1) is 11.3 Å². The van der Waals surface area contributed by atoms with Gasteiger partial charge in [-0.2, -0.15) is 0 Å². The van der Waals surface area contributed by atoms with Crippen molar-refractivity contribution < 1.29 is 9.53 Å². The number of hydrogen-bond acceptors (Lipinski definition) is 4. The van der Waals surface area contributed by atoms with Gasteiger partial charge in [0.1, 0.15) is 10.6 Å². The minimum absolute atomic E-state index is 0.0165. The Morgan fingerprint density at radius 3 is 2.81 bits per heavy atom. The zero-order chi connectivity index (χ0) is 15.0. The molecule has 3 N–H and O–H groups in total. The molecule has 0 saturated heterocycles. The van der Waals surface area contributed by atoms with Gasteiger partial charge in [-0.3, -0.25) is 4.79 Å². The Morgan fingerprint density at radius 1 is 1.48 bits per heavy atom. The molecule has 3 rings (SSSR count). The van der Waals surface area contributed by atoms with Gasteiger partial charge in [-0.05, 0) is 43.9 Å². The van der Waals surface area contributed by atoms with E-state index in [0.29, 0.717) is 10.6 Å². The molecule has 112 valence electrons. The number of nitrogens with two attached hydrogens (primary N) is 1. The van der Waals surface area contributed by atoms with E-state index in [4.69, 9.17) is 10.5 Å². The molecule has 0 radical (unpaired) electrons. The maximum absolute atomic E-state index is 12.5. The van der Waals surface area contributed by atoms with Crippen molar-refractivity contribution >= 4 is 33.0 Å². The molecule has 1 aliphatic rings. The third kappa shape index (κ3) is 2.35. The average molecular weight is 304 g/mol. The minimum Gasteiger partial charge on any atom is -0.497 e. The number of fused-ring (bicyclic) bond motifs is 1. The molecule has 0 aliphatic heterocycles. The third-order valence-electron chi connectivity index (χ3n) is 4.51. The van der Waals surface area contributed by atoms with Gasteiger partial charge in [0.15, 0.2) is 0 Å². The van der Waals surface area contributed by atoms with Gasteiger partial charge in [-0.1, -0.05) is 6.92 Å². The Hall–Kier alpha value is -1.75. The lowest BCUT2D eigenvalue weighted by atomic mass is 9.75. The van der Waals surface area contributed by atoms with Crippen molar-refractivity contribution in [2.24, 2.45) is 0 Å². The normalized spacial score (nSPS) is 16.5. The molecule has 1 aromatic carbocycles. The van der Waals surface area contributed by atoms with Crippen LogP contribution in [0.15, 0.2) is 18.2 Å². The predicted molar refractivity (Wildman–Crippen MR) is 87.1 cm³/mol. The summed E-state index contributed by atoms with van der Waals surface area (Å²) >= 11 is 1.43. The van der Waals surface area contributed by atoms with Crippen molar-refractivity contribution in [1.82, 2.24) is 5.32 Å². The molecule has 0 spiro atoms. The Morgan fingerprint density at radius 2 is 2.24 bits per heavy atom. The molecule has 1 saturated carbocycles. The number of amides is 1. The second kappa shape index (κ2) is 5.22. The lowest BCUT2D eigenvalue weighted by Gasteiger charge is -2.41. The van der Waals surface area contributed by atoms with Crippen LogP contribution in [0, 0.1) is 0 Å². The van der Waals surface area contributed by atoms with E-state index in [1.54, 1.807) is 7.11 Å². The van der Waals surface area contributed by atoms with Crippen molar-refractivity contribution in [3.05, 3.63) is 23.1 Å². The minimum atomic E-state index is -0.0470. The predicted octanol–water partition coefficient (Wildman–Crippen LogP) is 3.55. The zero-order valence-electron chi connectivity index (χ0n) is 12.4. The number of methoxy groups -OCH3 is 1. The monoisotopic (exact) mass is 304 g/mol. The summed E-state index contributed by atoms with van der Waals surface area (Å²) < 4.78 is 6.20. The second-order valence-corrected chi connectivity index (χ2v) is 6.70. The van der Waals surface area contributed by atoms with Gasteiger partial charge in [-0.25, -0.2) is 0 Å². The second-order valence-electron chi connectivity index (χ2n) is 5.65. The summed E-state index contributed by atoms with van der Waals surface area (Å²) in [7, 11) is 1.63. The highest BCUT2D eigenvalue weighted by molar-refractivity contribution is 7.21. The van der Waals surface area contributed by atoms with E-state index >= 15 is 0 Å². The molecule has 4 nitrogen and oxygen atoms in total. The summed E-state index contributed by atoms with van der Waals surface area (Å²) in [4.78, 5) is 13.2. The van der Waals surface area contributed by atoms with Crippen molar-refractivity contribution in [2.75, 3.05) is 12.8 Å². The van der Waals surface area contributed by atoms with Gasteiger partial charge in [0.05, 0.1) is 12.8 Å². The fraction of sp³-hybridized carbons (Fsp3) is 0.438. The van der Waals surface area contributed by atoms with Gasteiger partial charge in [0.25, 0.3) is 5.91 Å². The summed E-state index contributed by atoms with van der Waals surface area (Å²) in [5.41, 5.74) is 6.71. The summed E-state index contributed by atoms with van der Waals surface area (Å²) in [5, 5.41) is 4.11. The molecule has 0 bridgehead atoms. The summed E-state index contributed by atoms with van der Waals surface area (Å²) in [5.74, 6) is 0.731. The fourth-order valence-electron chi connectivity index (χ4n) is 2.86. The lowest BCUT2D eigenvalue weighted by molar-refractivity contribution is 0.0825. The number of nitrogen functional groups attached to an aromatic ring is 1. The average Bonchev–Trinajstić information content (AvgIpc) is 2.79. The molecule has 1 fully saturated rings. The zero-order valence-corrected chi connectivity index (χ0v) is 13.2. The molecular formula is C16H20N2O2S. The van der Waals surface area contributed by atoms with E-state index in [-0.39, 0.29) is 11.4 Å². The first kappa shape index (κ1) is 14.2. The van der Waals surface area contributed by atoms with E-state index in [9.17, 15) is 4.79 Å². The third-order valence-corrected chi connectivity index (χ3v) is 5.68. The summed E-state index contributed by atoms with van der Waals surface area (Å²) in [6, 6.07) is 5.70. The lowest BCUT2D eigenvalue weighted by Crippen LogP contribution is -2.52. The van der Waals surface area contributed by atoms with Crippen LogP contribution in [0.5, 0.6) is 5.75 Å². The summed E-state index contributed by atoms with van der Waals surface area (Å²) in [6.07, 6.45) is 4.28. The molecular weight excluding hydrogens is 284 g/mol. The maximum Gasteiger partial charge on any atom is 0.263 e. The number of hydrogen-bond donors (Lipinski definition) is 2. The molecule has 1 heterocycles. The van der Waals surface area contributed by atoms with Crippen LogP contribution in [0.1, 0.15) is 42.3 Å². The number of benzene rings is 1. The SMILES string of the molecule is CCC1(NC(=O)c2sc3cc(OC)ccc3c2N)CCC1. The molecule has 1 aromatic heterocycles. The van der Waals surface area contributed by atoms with Gasteiger partial charge in [0.2, 0.25) is 0 Å². The van der Waals surface area contributed by atoms with Crippen molar-refractivity contribution in [1.29, 1.82) is 0 Å². The topological polar surface area (TPSA) is 64.3 Å².